The van der Waals surface area contributed by atoms with Crippen molar-refractivity contribution in [2.24, 2.45) is 5.41 Å². The Hall–Kier alpha value is -1.32. The highest BCUT2D eigenvalue weighted by Crippen LogP contribution is 2.39. The Kier molecular flexibility index (Phi) is 3.88. The number of esters is 1. The van der Waals surface area contributed by atoms with Crippen LogP contribution in [0.3, 0.4) is 0 Å². The number of hydrogen-bond donors (Lipinski definition) is 1. The number of carbonyl (C=O) groups is 2. The number of hydrogen-bond acceptors (Lipinski definition) is 3. The van der Waals surface area contributed by atoms with Gasteiger partial charge in [0.15, 0.2) is 0 Å². The van der Waals surface area contributed by atoms with Gasteiger partial charge in [-0.05, 0) is 12.8 Å². The monoisotopic (exact) mass is 212 g/mol. The lowest BCUT2D eigenvalue weighted by molar-refractivity contribution is -0.158. The van der Waals surface area contributed by atoms with E-state index < -0.39 is 17.4 Å². The largest absolute Gasteiger partial charge is 0.481 e. The van der Waals surface area contributed by atoms with Crippen LogP contribution >= 0.6 is 0 Å². The zero-order valence-corrected chi connectivity index (χ0v) is 8.70. The van der Waals surface area contributed by atoms with Crippen LogP contribution in [0.4, 0.5) is 0 Å². The first kappa shape index (κ1) is 11.8. The zero-order valence-electron chi connectivity index (χ0n) is 8.70. The van der Waals surface area contributed by atoms with Crippen molar-refractivity contribution in [2.45, 2.75) is 38.5 Å². The van der Waals surface area contributed by atoms with Gasteiger partial charge < -0.3 is 9.84 Å². The highest BCUT2D eigenvalue weighted by molar-refractivity contribution is 5.82. The summed E-state index contributed by atoms with van der Waals surface area (Å²) in [5.74, 6) is -1.39. The molecule has 84 valence electrons. The molecule has 0 radical (unpaired) electrons. The van der Waals surface area contributed by atoms with E-state index in [9.17, 15) is 14.7 Å². The van der Waals surface area contributed by atoms with Crippen molar-refractivity contribution < 1.29 is 19.4 Å². The van der Waals surface area contributed by atoms with E-state index in [1.54, 1.807) is 0 Å². The Labute approximate surface area is 88.9 Å². The molecule has 0 aliphatic heterocycles. The number of ether oxygens (including phenoxy) is 1. The zero-order chi connectivity index (χ0) is 11.3. The third-order valence-corrected chi connectivity index (χ3v) is 2.96. The lowest BCUT2D eigenvalue weighted by Gasteiger charge is -2.31. The van der Waals surface area contributed by atoms with E-state index in [-0.39, 0.29) is 6.42 Å². The van der Waals surface area contributed by atoms with Crippen LogP contribution in [0.2, 0.25) is 0 Å². The van der Waals surface area contributed by atoms with Gasteiger partial charge in [-0.25, -0.2) is 0 Å². The number of carbonyl (C=O) groups excluding carboxylic acids is 1. The molecule has 1 saturated carbocycles. The highest BCUT2D eigenvalue weighted by Gasteiger charge is 2.41. The average molecular weight is 212 g/mol. The van der Waals surface area contributed by atoms with Crippen molar-refractivity contribution in [3.05, 3.63) is 12.8 Å². The number of carboxylic acid groups (broad SMARTS) is 1. The minimum absolute atomic E-state index is 0.0473. The maximum absolute atomic E-state index is 11.3. The van der Waals surface area contributed by atoms with Crippen LogP contribution < -0.4 is 0 Å². The summed E-state index contributed by atoms with van der Waals surface area (Å²) >= 11 is 0. The van der Waals surface area contributed by atoms with Crippen LogP contribution in [-0.4, -0.2) is 17.0 Å². The summed E-state index contributed by atoms with van der Waals surface area (Å²) in [5.41, 5.74) is -0.904. The fourth-order valence-electron chi connectivity index (χ4n) is 2.11. The van der Waals surface area contributed by atoms with Crippen LogP contribution in [0.1, 0.15) is 38.5 Å². The topological polar surface area (TPSA) is 63.6 Å². The molecule has 15 heavy (non-hydrogen) atoms. The van der Waals surface area contributed by atoms with Gasteiger partial charge in [0.1, 0.15) is 0 Å². The van der Waals surface area contributed by atoms with E-state index in [2.05, 4.69) is 11.3 Å². The van der Waals surface area contributed by atoms with Gasteiger partial charge in [-0.2, -0.15) is 0 Å². The Morgan fingerprint density at radius 2 is 1.93 bits per heavy atom. The van der Waals surface area contributed by atoms with Crippen LogP contribution in [0.5, 0.6) is 0 Å². The van der Waals surface area contributed by atoms with Crippen molar-refractivity contribution >= 4 is 11.9 Å². The summed E-state index contributed by atoms with van der Waals surface area (Å²) in [6, 6.07) is 0. The standard InChI is InChI=1S/C11H16O4/c1-2-15-9(12)8-11(10(13)14)6-4-3-5-7-11/h2H,1,3-8H2,(H,13,14). The summed E-state index contributed by atoms with van der Waals surface area (Å²) < 4.78 is 4.58. The van der Waals surface area contributed by atoms with Crippen molar-refractivity contribution in [3.63, 3.8) is 0 Å². The fraction of sp³-hybridized carbons (Fsp3) is 0.636. The Balaban J connectivity index is 2.68. The van der Waals surface area contributed by atoms with Gasteiger partial charge in [0, 0.05) is 0 Å². The SMILES string of the molecule is C=COC(=O)CC1(C(=O)O)CCCCC1. The molecule has 0 aromatic rings. The van der Waals surface area contributed by atoms with Crippen LogP contribution in [0.15, 0.2) is 12.8 Å². The Bertz CT molecular complexity index is 264. The summed E-state index contributed by atoms with van der Waals surface area (Å²) in [6.45, 7) is 3.27. The molecule has 1 aliphatic carbocycles. The molecule has 1 fully saturated rings. The van der Waals surface area contributed by atoms with Crippen molar-refractivity contribution in [1.82, 2.24) is 0 Å². The summed E-state index contributed by atoms with van der Waals surface area (Å²) in [5, 5.41) is 9.17. The second-order valence-corrected chi connectivity index (χ2v) is 3.98. The minimum atomic E-state index is -0.904. The average Bonchev–Trinajstić information content (AvgIpc) is 2.19. The molecule has 0 atom stereocenters. The molecule has 1 aliphatic rings. The third-order valence-electron chi connectivity index (χ3n) is 2.96. The minimum Gasteiger partial charge on any atom is -0.481 e. The van der Waals surface area contributed by atoms with E-state index in [1.807, 2.05) is 0 Å². The summed E-state index contributed by atoms with van der Waals surface area (Å²) in [6.07, 6.45) is 4.91. The van der Waals surface area contributed by atoms with E-state index in [1.165, 1.54) is 0 Å². The Morgan fingerprint density at radius 1 is 1.33 bits per heavy atom. The van der Waals surface area contributed by atoms with Crippen LogP contribution in [0.25, 0.3) is 0 Å². The maximum atomic E-state index is 11.3. The quantitative estimate of drug-likeness (QED) is 0.572. The summed E-state index contributed by atoms with van der Waals surface area (Å²) in [7, 11) is 0. The molecule has 0 saturated heterocycles. The normalized spacial score (nSPS) is 19.2. The van der Waals surface area contributed by atoms with E-state index >= 15 is 0 Å². The van der Waals surface area contributed by atoms with E-state index in [0.717, 1.165) is 25.5 Å². The van der Waals surface area contributed by atoms with Gasteiger partial charge in [0.2, 0.25) is 0 Å². The van der Waals surface area contributed by atoms with Crippen molar-refractivity contribution in [2.75, 3.05) is 0 Å². The number of aliphatic carboxylic acids is 1. The molecular weight excluding hydrogens is 196 g/mol. The van der Waals surface area contributed by atoms with Gasteiger partial charge in [0.05, 0.1) is 18.1 Å². The second kappa shape index (κ2) is 4.96. The maximum Gasteiger partial charge on any atom is 0.311 e. The molecule has 0 unspecified atom stereocenters. The molecule has 0 spiro atoms. The highest BCUT2D eigenvalue weighted by atomic mass is 16.5. The molecule has 0 bridgehead atoms. The first-order valence-corrected chi connectivity index (χ1v) is 5.14. The van der Waals surface area contributed by atoms with E-state index in [0.29, 0.717) is 12.8 Å². The predicted molar refractivity (Wildman–Crippen MR) is 54.1 cm³/mol. The molecule has 4 heteroatoms. The van der Waals surface area contributed by atoms with Gasteiger partial charge >= 0.3 is 11.9 Å². The lowest BCUT2D eigenvalue weighted by atomic mass is 9.72. The fourth-order valence-corrected chi connectivity index (χ4v) is 2.11. The smallest absolute Gasteiger partial charge is 0.311 e. The van der Waals surface area contributed by atoms with Crippen LogP contribution in [-0.2, 0) is 14.3 Å². The number of carboxylic acids is 1. The van der Waals surface area contributed by atoms with E-state index in [4.69, 9.17) is 0 Å². The van der Waals surface area contributed by atoms with Gasteiger partial charge in [-0.15, -0.1) is 0 Å². The molecule has 0 heterocycles. The second-order valence-electron chi connectivity index (χ2n) is 3.98. The van der Waals surface area contributed by atoms with Gasteiger partial charge in [-0.1, -0.05) is 25.8 Å². The lowest BCUT2D eigenvalue weighted by Crippen LogP contribution is -2.35. The molecule has 0 aromatic heterocycles. The summed E-state index contributed by atoms with van der Waals surface area (Å²) in [4.78, 5) is 22.4. The third kappa shape index (κ3) is 2.81. The predicted octanol–water partition coefficient (Wildman–Crippen LogP) is 2.10. The Morgan fingerprint density at radius 3 is 2.40 bits per heavy atom. The molecule has 0 amide bonds. The van der Waals surface area contributed by atoms with Crippen molar-refractivity contribution in [3.8, 4) is 0 Å². The van der Waals surface area contributed by atoms with Gasteiger partial charge in [0.25, 0.3) is 0 Å². The first-order valence-electron chi connectivity index (χ1n) is 5.14. The molecule has 1 rings (SSSR count). The molecule has 1 N–H and O–H groups in total. The van der Waals surface area contributed by atoms with Gasteiger partial charge in [-0.3, -0.25) is 9.59 Å². The molecule has 0 aromatic carbocycles. The first-order chi connectivity index (χ1) is 7.10. The van der Waals surface area contributed by atoms with Crippen LogP contribution in [0, 0.1) is 5.41 Å². The number of rotatable bonds is 4. The van der Waals surface area contributed by atoms with Crippen molar-refractivity contribution in [1.29, 1.82) is 0 Å². The molecular formula is C11H16O4. The molecule has 4 nitrogen and oxygen atoms in total.